The highest BCUT2D eigenvalue weighted by Gasteiger charge is 2.29. The Labute approximate surface area is 110 Å². The lowest BCUT2D eigenvalue weighted by molar-refractivity contribution is -0.108. The van der Waals surface area contributed by atoms with Gasteiger partial charge in [0.25, 0.3) is 10.0 Å². The van der Waals surface area contributed by atoms with E-state index in [2.05, 4.69) is 0 Å². The predicted molar refractivity (Wildman–Crippen MR) is 66.4 cm³/mol. The predicted octanol–water partition coefficient (Wildman–Crippen LogP) is 1.13. The molecule has 1 aromatic rings. The lowest BCUT2D eigenvalue weighted by atomic mass is 10.3. The van der Waals surface area contributed by atoms with Crippen molar-refractivity contribution in [3.63, 3.8) is 0 Å². The molecule has 0 saturated carbocycles. The summed E-state index contributed by atoms with van der Waals surface area (Å²) in [5.41, 5.74) is 5.50. The van der Waals surface area contributed by atoms with Gasteiger partial charge in [-0.15, -0.1) is 0 Å². The van der Waals surface area contributed by atoms with Crippen molar-refractivity contribution >= 4 is 15.7 Å². The third-order valence-electron chi connectivity index (χ3n) is 2.79. The molecule has 0 aliphatic carbocycles. The normalized spacial score (nSPS) is 17.4. The van der Waals surface area contributed by atoms with Crippen LogP contribution in [-0.2, 0) is 14.9 Å². The summed E-state index contributed by atoms with van der Waals surface area (Å²) in [7, 11) is -2.64. The van der Waals surface area contributed by atoms with E-state index in [1.54, 1.807) is 0 Å². The number of benzene rings is 1. The van der Waals surface area contributed by atoms with Gasteiger partial charge in [0, 0.05) is 6.54 Å². The molecule has 19 heavy (non-hydrogen) atoms. The van der Waals surface area contributed by atoms with Gasteiger partial charge in [-0.2, -0.15) is 0 Å². The zero-order valence-corrected chi connectivity index (χ0v) is 11.2. The summed E-state index contributed by atoms with van der Waals surface area (Å²) >= 11 is 0. The molecule has 1 heterocycles. The monoisotopic (exact) mass is 290 g/mol. The molecule has 2 N–H and O–H groups in total. The molecule has 6 nitrogen and oxygen atoms in total. The minimum atomic E-state index is -3.90. The fourth-order valence-corrected chi connectivity index (χ4v) is 3.18. The Morgan fingerprint density at radius 3 is 2.68 bits per heavy atom. The van der Waals surface area contributed by atoms with Gasteiger partial charge in [0.2, 0.25) is 0 Å². The highest BCUT2D eigenvalue weighted by Crippen LogP contribution is 2.30. The van der Waals surface area contributed by atoms with Crippen LogP contribution in [0.15, 0.2) is 17.0 Å². The molecule has 0 atom stereocenters. The number of nitrogens with zero attached hydrogens (tertiary/aromatic N) is 1. The smallest absolute Gasteiger partial charge is 0.265 e. The molecule has 106 valence electrons. The Bertz CT molecular complexity index is 547. The molecule has 0 radical (unpaired) electrons. The summed E-state index contributed by atoms with van der Waals surface area (Å²) in [6, 6.07) is 2.04. The standard InChI is InChI=1S/C11H15FN2O4S/c1-17-11-9(12)6-8(7-10(11)13)19(15,16)14-4-2-3-5-18-14/h6-7H,2-5,13H2,1H3. The topological polar surface area (TPSA) is 81.9 Å². The van der Waals surface area contributed by atoms with Gasteiger partial charge in [0.1, 0.15) is 0 Å². The number of anilines is 1. The van der Waals surface area contributed by atoms with E-state index < -0.39 is 15.8 Å². The van der Waals surface area contributed by atoms with Crippen LogP contribution in [0, 0.1) is 5.82 Å². The van der Waals surface area contributed by atoms with E-state index >= 15 is 0 Å². The van der Waals surface area contributed by atoms with Gasteiger partial charge in [0.15, 0.2) is 11.6 Å². The molecular formula is C11H15FN2O4S. The molecule has 8 heteroatoms. The Kier molecular flexibility index (Phi) is 3.93. The van der Waals surface area contributed by atoms with E-state index in [9.17, 15) is 12.8 Å². The van der Waals surface area contributed by atoms with Crippen molar-refractivity contribution in [2.75, 3.05) is 26.0 Å². The quantitative estimate of drug-likeness (QED) is 0.844. The lowest BCUT2D eigenvalue weighted by Gasteiger charge is -2.25. The second-order valence-electron chi connectivity index (χ2n) is 4.10. The zero-order valence-electron chi connectivity index (χ0n) is 10.4. The van der Waals surface area contributed by atoms with E-state index in [0.717, 1.165) is 23.0 Å². The Morgan fingerprint density at radius 2 is 2.16 bits per heavy atom. The van der Waals surface area contributed by atoms with Crippen molar-refractivity contribution in [1.29, 1.82) is 0 Å². The molecule has 1 fully saturated rings. The van der Waals surface area contributed by atoms with Gasteiger partial charge in [-0.05, 0) is 25.0 Å². The van der Waals surface area contributed by atoms with Gasteiger partial charge in [-0.1, -0.05) is 4.47 Å². The first-order valence-electron chi connectivity index (χ1n) is 5.75. The van der Waals surface area contributed by atoms with Crippen molar-refractivity contribution < 1.29 is 22.4 Å². The van der Waals surface area contributed by atoms with Gasteiger partial charge in [-0.25, -0.2) is 12.8 Å². The number of hydroxylamine groups is 1. The third-order valence-corrected chi connectivity index (χ3v) is 4.44. The first-order chi connectivity index (χ1) is 8.96. The Morgan fingerprint density at radius 1 is 1.42 bits per heavy atom. The molecule has 1 saturated heterocycles. The van der Waals surface area contributed by atoms with Crippen molar-refractivity contribution in [2.24, 2.45) is 0 Å². The zero-order chi connectivity index (χ0) is 14.0. The van der Waals surface area contributed by atoms with Crippen molar-refractivity contribution in [3.8, 4) is 5.75 Å². The molecule has 1 aliphatic rings. The molecular weight excluding hydrogens is 275 g/mol. The minimum absolute atomic E-state index is 0.0712. The molecule has 1 aromatic carbocycles. The van der Waals surface area contributed by atoms with Crippen LogP contribution < -0.4 is 10.5 Å². The molecule has 0 bridgehead atoms. The van der Waals surface area contributed by atoms with Gasteiger partial charge < -0.3 is 10.5 Å². The van der Waals surface area contributed by atoms with Crippen LogP contribution in [0.3, 0.4) is 0 Å². The number of nitrogens with two attached hydrogens (primary N) is 1. The van der Waals surface area contributed by atoms with E-state index in [-0.39, 0.29) is 22.9 Å². The number of hydrogen-bond acceptors (Lipinski definition) is 5. The third kappa shape index (κ3) is 2.65. The number of methoxy groups -OCH3 is 1. The Hall–Kier alpha value is -1.38. The summed E-state index contributed by atoms with van der Waals surface area (Å²) in [6.07, 6.45) is 1.50. The number of halogens is 1. The van der Waals surface area contributed by atoms with E-state index in [1.165, 1.54) is 7.11 Å². The van der Waals surface area contributed by atoms with Crippen molar-refractivity contribution in [2.45, 2.75) is 17.7 Å². The number of hydrogen-bond donors (Lipinski definition) is 1. The van der Waals surface area contributed by atoms with Crippen LogP contribution in [0.5, 0.6) is 5.75 Å². The fourth-order valence-electron chi connectivity index (χ4n) is 1.83. The minimum Gasteiger partial charge on any atom is -0.492 e. The highest BCUT2D eigenvalue weighted by molar-refractivity contribution is 7.89. The fraction of sp³-hybridized carbons (Fsp3) is 0.455. The first kappa shape index (κ1) is 14.0. The van der Waals surface area contributed by atoms with E-state index in [4.69, 9.17) is 15.3 Å². The number of nitrogen functional groups attached to an aromatic ring is 1. The van der Waals surface area contributed by atoms with Crippen LogP contribution in [0.2, 0.25) is 0 Å². The van der Waals surface area contributed by atoms with Crippen molar-refractivity contribution in [3.05, 3.63) is 17.9 Å². The summed E-state index contributed by atoms with van der Waals surface area (Å²) in [5.74, 6) is -0.989. The van der Waals surface area contributed by atoms with E-state index in [0.29, 0.717) is 13.0 Å². The highest BCUT2D eigenvalue weighted by atomic mass is 32.2. The second kappa shape index (κ2) is 5.32. The average Bonchev–Trinajstić information content (AvgIpc) is 2.39. The van der Waals surface area contributed by atoms with Crippen LogP contribution in [0.1, 0.15) is 12.8 Å². The van der Waals surface area contributed by atoms with Gasteiger partial charge in [0.05, 0.1) is 24.3 Å². The molecule has 0 amide bonds. The first-order valence-corrected chi connectivity index (χ1v) is 7.19. The van der Waals surface area contributed by atoms with Crippen LogP contribution in [0.4, 0.5) is 10.1 Å². The molecule has 0 aromatic heterocycles. The van der Waals surface area contributed by atoms with E-state index in [1.807, 2.05) is 0 Å². The summed E-state index contributed by atoms with van der Waals surface area (Å²) < 4.78 is 43.8. The summed E-state index contributed by atoms with van der Waals surface area (Å²) in [6.45, 7) is 0.573. The van der Waals surface area contributed by atoms with Gasteiger partial charge in [-0.3, -0.25) is 4.84 Å². The van der Waals surface area contributed by atoms with Gasteiger partial charge >= 0.3 is 0 Å². The number of sulfonamides is 1. The molecule has 1 aliphatic heterocycles. The lowest BCUT2D eigenvalue weighted by Crippen LogP contribution is -2.35. The van der Waals surface area contributed by atoms with Crippen LogP contribution in [-0.4, -0.2) is 33.1 Å². The molecule has 2 rings (SSSR count). The maximum absolute atomic E-state index is 13.7. The Balaban J connectivity index is 2.40. The van der Waals surface area contributed by atoms with Crippen molar-refractivity contribution in [1.82, 2.24) is 4.47 Å². The van der Waals surface area contributed by atoms with Crippen LogP contribution in [0.25, 0.3) is 0 Å². The number of rotatable bonds is 3. The second-order valence-corrected chi connectivity index (χ2v) is 5.93. The average molecular weight is 290 g/mol. The molecule has 0 unspecified atom stereocenters. The SMILES string of the molecule is COc1c(N)cc(S(=O)(=O)N2CCCCO2)cc1F. The summed E-state index contributed by atoms with van der Waals surface area (Å²) in [4.78, 5) is 4.84. The maximum atomic E-state index is 13.7. The maximum Gasteiger partial charge on any atom is 0.265 e. The number of ether oxygens (including phenoxy) is 1. The molecule has 0 spiro atoms. The largest absolute Gasteiger partial charge is 0.492 e. The van der Waals surface area contributed by atoms with Crippen LogP contribution >= 0.6 is 0 Å². The summed E-state index contributed by atoms with van der Waals surface area (Å²) in [5, 5.41) is 0.